The first-order valence-electron chi connectivity index (χ1n) is 9.04. The maximum Gasteiger partial charge on any atom is 0.141 e. The molecule has 0 aliphatic carbocycles. The minimum absolute atomic E-state index is 0.0730. The van der Waals surface area contributed by atoms with Crippen molar-refractivity contribution in [3.8, 4) is 22.6 Å². The van der Waals surface area contributed by atoms with Crippen LogP contribution in [-0.4, -0.2) is 27.2 Å². The van der Waals surface area contributed by atoms with E-state index < -0.39 is 5.82 Å². The molecule has 4 nitrogen and oxygen atoms in total. The number of benzene rings is 1. The molecule has 6 heteroatoms. The number of pyridine rings is 1. The molecule has 1 atom stereocenters. The zero-order valence-corrected chi connectivity index (χ0v) is 16.3. The fourth-order valence-electron chi connectivity index (χ4n) is 3.66. The molecule has 0 fully saturated rings. The number of nitrogens with zero attached hydrogens (tertiary/aromatic N) is 3. The second kappa shape index (κ2) is 7.06. The molecule has 3 heterocycles. The van der Waals surface area contributed by atoms with Gasteiger partial charge in [-0.3, -0.25) is 4.98 Å². The highest BCUT2D eigenvalue weighted by atomic mass is 35.5. The molecule has 0 unspecified atom stereocenters. The number of hydrogen-bond donors (Lipinski definition) is 0. The molecule has 0 radical (unpaired) electrons. The smallest absolute Gasteiger partial charge is 0.141 e. The normalized spacial score (nSPS) is 16.9. The van der Waals surface area contributed by atoms with Crippen LogP contribution in [0, 0.1) is 19.7 Å². The van der Waals surface area contributed by atoms with Gasteiger partial charge in [0.1, 0.15) is 11.6 Å². The van der Waals surface area contributed by atoms with Crippen molar-refractivity contribution in [2.24, 2.45) is 0 Å². The van der Waals surface area contributed by atoms with E-state index in [9.17, 15) is 4.39 Å². The average Bonchev–Trinajstić information content (AvgIpc) is 2.83. The van der Waals surface area contributed by atoms with Gasteiger partial charge in [0.15, 0.2) is 0 Å². The third-order valence-corrected chi connectivity index (χ3v) is 5.08. The standard InChI is InChI=1S/C21H21ClFN3O/c1-12-8-16(9-13(2)24-12)20-19-6-7-27-14(3)11-26(19)21(25-20)15-4-5-18(23)17(22)10-15/h4-5,8-10,14H,6-7,11H2,1-3H3/t14-/m1/s1. The Morgan fingerprint density at radius 2 is 1.85 bits per heavy atom. The van der Waals surface area contributed by atoms with Crippen molar-refractivity contribution in [3.63, 3.8) is 0 Å². The van der Waals surface area contributed by atoms with Crippen molar-refractivity contribution in [1.29, 1.82) is 0 Å². The Morgan fingerprint density at radius 3 is 2.56 bits per heavy atom. The van der Waals surface area contributed by atoms with Crippen LogP contribution in [0.2, 0.25) is 5.02 Å². The summed E-state index contributed by atoms with van der Waals surface area (Å²) in [7, 11) is 0. The molecule has 0 saturated heterocycles. The number of rotatable bonds is 2. The van der Waals surface area contributed by atoms with Gasteiger partial charge in [-0.25, -0.2) is 9.37 Å². The van der Waals surface area contributed by atoms with E-state index in [0.29, 0.717) is 13.2 Å². The van der Waals surface area contributed by atoms with Gasteiger partial charge in [-0.2, -0.15) is 0 Å². The molecule has 2 aromatic heterocycles. The minimum Gasteiger partial charge on any atom is -0.376 e. The molecule has 1 aromatic carbocycles. The molecular weight excluding hydrogens is 365 g/mol. The Bertz CT molecular complexity index is 995. The Hall–Kier alpha value is -2.24. The Balaban J connectivity index is 1.94. The van der Waals surface area contributed by atoms with Crippen molar-refractivity contribution in [3.05, 3.63) is 58.3 Å². The molecule has 140 valence electrons. The highest BCUT2D eigenvalue weighted by Crippen LogP contribution is 2.33. The predicted molar refractivity (Wildman–Crippen MR) is 104 cm³/mol. The molecular formula is C21H21ClFN3O. The molecule has 0 saturated carbocycles. The molecule has 0 N–H and O–H groups in total. The maximum atomic E-state index is 13.7. The molecule has 3 aromatic rings. The summed E-state index contributed by atoms with van der Waals surface area (Å²) in [5.41, 5.74) is 5.80. The van der Waals surface area contributed by atoms with Crippen molar-refractivity contribution < 1.29 is 9.13 Å². The van der Waals surface area contributed by atoms with Gasteiger partial charge < -0.3 is 9.30 Å². The summed E-state index contributed by atoms with van der Waals surface area (Å²) in [5, 5.41) is 0.0971. The van der Waals surface area contributed by atoms with Gasteiger partial charge in [-0.05, 0) is 51.1 Å². The van der Waals surface area contributed by atoms with E-state index in [1.165, 1.54) is 6.07 Å². The molecule has 0 spiro atoms. The van der Waals surface area contributed by atoms with Crippen LogP contribution in [0.1, 0.15) is 24.0 Å². The van der Waals surface area contributed by atoms with Crippen molar-refractivity contribution in [2.75, 3.05) is 6.61 Å². The Kier molecular flexibility index (Phi) is 4.74. The highest BCUT2D eigenvalue weighted by Gasteiger charge is 2.24. The number of aryl methyl sites for hydroxylation is 2. The fraction of sp³-hybridized carbons (Fsp3) is 0.333. The first kappa shape index (κ1) is 18.1. The van der Waals surface area contributed by atoms with Gasteiger partial charge >= 0.3 is 0 Å². The largest absolute Gasteiger partial charge is 0.376 e. The van der Waals surface area contributed by atoms with Gasteiger partial charge in [0.05, 0.1) is 30.0 Å². The summed E-state index contributed by atoms with van der Waals surface area (Å²) < 4.78 is 21.7. The van der Waals surface area contributed by atoms with Gasteiger partial charge in [0.2, 0.25) is 0 Å². The van der Waals surface area contributed by atoms with Crippen molar-refractivity contribution >= 4 is 11.6 Å². The van der Waals surface area contributed by atoms with E-state index in [1.54, 1.807) is 12.1 Å². The summed E-state index contributed by atoms with van der Waals surface area (Å²) in [6.45, 7) is 7.35. The second-order valence-corrected chi connectivity index (χ2v) is 7.45. The lowest BCUT2D eigenvalue weighted by Gasteiger charge is -2.13. The van der Waals surface area contributed by atoms with E-state index in [0.717, 1.165) is 46.1 Å². The molecule has 0 amide bonds. The third kappa shape index (κ3) is 3.49. The molecule has 1 aliphatic rings. The van der Waals surface area contributed by atoms with Crippen molar-refractivity contribution in [1.82, 2.24) is 14.5 Å². The Morgan fingerprint density at radius 1 is 1.11 bits per heavy atom. The van der Waals surface area contributed by atoms with Gasteiger partial charge in [-0.1, -0.05) is 11.6 Å². The lowest BCUT2D eigenvalue weighted by atomic mass is 10.1. The van der Waals surface area contributed by atoms with E-state index in [1.807, 2.05) is 26.0 Å². The minimum atomic E-state index is -0.430. The van der Waals surface area contributed by atoms with Gasteiger partial charge in [0.25, 0.3) is 0 Å². The Labute approximate surface area is 163 Å². The monoisotopic (exact) mass is 385 g/mol. The molecule has 4 rings (SSSR count). The van der Waals surface area contributed by atoms with Crippen LogP contribution in [0.3, 0.4) is 0 Å². The van der Waals surface area contributed by atoms with Crippen LogP contribution < -0.4 is 0 Å². The number of hydrogen-bond acceptors (Lipinski definition) is 3. The van der Waals surface area contributed by atoms with E-state index >= 15 is 0 Å². The second-order valence-electron chi connectivity index (χ2n) is 7.04. The zero-order chi connectivity index (χ0) is 19.1. The molecule has 0 bridgehead atoms. The number of halogens is 2. The maximum absolute atomic E-state index is 13.7. The molecule has 1 aliphatic heterocycles. The quantitative estimate of drug-likeness (QED) is 0.624. The van der Waals surface area contributed by atoms with E-state index in [-0.39, 0.29) is 11.1 Å². The van der Waals surface area contributed by atoms with Crippen molar-refractivity contribution in [2.45, 2.75) is 39.8 Å². The number of imidazole rings is 1. The first-order chi connectivity index (χ1) is 12.9. The van der Waals surface area contributed by atoms with E-state index in [4.69, 9.17) is 21.3 Å². The number of fused-ring (bicyclic) bond motifs is 1. The number of ether oxygens (including phenoxy) is 1. The first-order valence-corrected chi connectivity index (χ1v) is 9.42. The SMILES string of the molecule is Cc1cc(-c2nc(-c3ccc(F)c(Cl)c3)n3c2CCO[C@H](C)C3)cc(C)n1. The van der Waals surface area contributed by atoms with Crippen LogP contribution in [0.25, 0.3) is 22.6 Å². The lowest BCUT2D eigenvalue weighted by Crippen LogP contribution is -2.15. The topological polar surface area (TPSA) is 39.9 Å². The summed E-state index contributed by atoms with van der Waals surface area (Å²) in [4.78, 5) is 9.43. The van der Waals surface area contributed by atoms with Crippen LogP contribution in [-0.2, 0) is 17.7 Å². The fourth-order valence-corrected chi connectivity index (χ4v) is 3.84. The van der Waals surface area contributed by atoms with Crippen LogP contribution >= 0.6 is 11.6 Å². The number of aromatic nitrogens is 3. The lowest BCUT2D eigenvalue weighted by molar-refractivity contribution is 0.0666. The average molecular weight is 386 g/mol. The summed E-state index contributed by atoms with van der Waals surface area (Å²) in [6, 6.07) is 8.84. The van der Waals surface area contributed by atoms with Crippen LogP contribution in [0.4, 0.5) is 4.39 Å². The summed E-state index contributed by atoms with van der Waals surface area (Å²) in [5.74, 6) is 0.353. The highest BCUT2D eigenvalue weighted by molar-refractivity contribution is 6.31. The zero-order valence-electron chi connectivity index (χ0n) is 15.6. The molecule has 27 heavy (non-hydrogen) atoms. The third-order valence-electron chi connectivity index (χ3n) is 4.79. The van der Waals surface area contributed by atoms with Gasteiger partial charge in [0, 0.05) is 34.6 Å². The predicted octanol–water partition coefficient (Wildman–Crippen LogP) is 4.98. The van der Waals surface area contributed by atoms with Crippen LogP contribution in [0.15, 0.2) is 30.3 Å². The van der Waals surface area contributed by atoms with Crippen LogP contribution in [0.5, 0.6) is 0 Å². The summed E-state index contributed by atoms with van der Waals surface area (Å²) >= 11 is 6.03. The van der Waals surface area contributed by atoms with E-state index in [2.05, 4.69) is 16.5 Å². The van der Waals surface area contributed by atoms with Gasteiger partial charge in [-0.15, -0.1) is 0 Å². The summed E-state index contributed by atoms with van der Waals surface area (Å²) in [6.07, 6.45) is 0.839.